The fraction of sp³-hybridized carbons (Fsp3) is 0.333. The second-order valence-electron chi connectivity index (χ2n) is 4.82. The van der Waals surface area contributed by atoms with E-state index in [2.05, 4.69) is 10.3 Å². The van der Waals surface area contributed by atoms with Gasteiger partial charge in [0.25, 0.3) is 0 Å². The summed E-state index contributed by atoms with van der Waals surface area (Å²) in [5.41, 5.74) is 6.96. The molecule has 0 saturated carbocycles. The summed E-state index contributed by atoms with van der Waals surface area (Å²) >= 11 is 0. The monoisotopic (exact) mass is 273 g/mol. The predicted octanol–water partition coefficient (Wildman–Crippen LogP) is 2.25. The van der Waals surface area contributed by atoms with Crippen LogP contribution in [0.4, 0.5) is 0 Å². The molecule has 0 radical (unpaired) electrons. The van der Waals surface area contributed by atoms with Crippen LogP contribution in [-0.2, 0) is 4.79 Å². The van der Waals surface area contributed by atoms with E-state index in [9.17, 15) is 4.79 Å². The lowest BCUT2D eigenvalue weighted by atomic mass is 10.0. The Labute approximate surface area is 118 Å². The lowest BCUT2D eigenvalue weighted by Crippen LogP contribution is -2.30. The fourth-order valence-corrected chi connectivity index (χ4v) is 1.95. The number of rotatable bonds is 5. The average Bonchev–Trinajstić information content (AvgIpc) is 2.86. The van der Waals surface area contributed by atoms with E-state index in [-0.39, 0.29) is 24.4 Å². The molecule has 1 aromatic carbocycles. The van der Waals surface area contributed by atoms with Crippen LogP contribution in [0.5, 0.6) is 0 Å². The molecule has 0 aliphatic heterocycles. The minimum Gasteiger partial charge on any atom is -0.444 e. The third-order valence-electron chi connectivity index (χ3n) is 3.02. The summed E-state index contributed by atoms with van der Waals surface area (Å²) in [5.74, 6) is 1.11. The number of nitrogens with zero attached hydrogens (tertiary/aromatic N) is 1. The molecular formula is C15H19N3O2. The standard InChI is InChI=1S/C15H19N3O2/c1-10-9-17-15(20-10)11(2)18-14(19)8-13(16)12-6-4-3-5-7-12/h3-7,9,11,13H,8,16H2,1-2H3,(H,18,19). The highest BCUT2D eigenvalue weighted by atomic mass is 16.4. The Morgan fingerprint density at radius 2 is 2.10 bits per heavy atom. The van der Waals surface area contributed by atoms with Crippen molar-refractivity contribution in [3.63, 3.8) is 0 Å². The molecule has 2 aromatic rings. The highest BCUT2D eigenvalue weighted by Crippen LogP contribution is 2.15. The minimum absolute atomic E-state index is 0.121. The Morgan fingerprint density at radius 1 is 1.40 bits per heavy atom. The van der Waals surface area contributed by atoms with Crippen LogP contribution in [0.25, 0.3) is 0 Å². The van der Waals surface area contributed by atoms with Crippen LogP contribution in [0.15, 0.2) is 40.9 Å². The molecule has 2 atom stereocenters. The van der Waals surface area contributed by atoms with Gasteiger partial charge in [0, 0.05) is 12.5 Å². The minimum atomic E-state index is -0.310. The smallest absolute Gasteiger partial charge is 0.222 e. The van der Waals surface area contributed by atoms with Crippen LogP contribution in [0, 0.1) is 6.92 Å². The molecule has 5 heteroatoms. The van der Waals surface area contributed by atoms with E-state index >= 15 is 0 Å². The van der Waals surface area contributed by atoms with E-state index in [0.29, 0.717) is 5.89 Å². The van der Waals surface area contributed by atoms with Crippen LogP contribution < -0.4 is 11.1 Å². The van der Waals surface area contributed by atoms with E-state index in [1.807, 2.05) is 44.2 Å². The van der Waals surface area contributed by atoms with Crippen molar-refractivity contribution in [1.29, 1.82) is 0 Å². The quantitative estimate of drug-likeness (QED) is 0.875. The van der Waals surface area contributed by atoms with Gasteiger partial charge in [0.05, 0.1) is 6.20 Å². The van der Waals surface area contributed by atoms with Gasteiger partial charge in [-0.2, -0.15) is 0 Å². The number of hydrogen-bond acceptors (Lipinski definition) is 4. The molecule has 5 nitrogen and oxygen atoms in total. The number of oxazole rings is 1. The van der Waals surface area contributed by atoms with Crippen LogP contribution in [0.2, 0.25) is 0 Å². The van der Waals surface area contributed by atoms with Crippen molar-refractivity contribution in [2.75, 3.05) is 0 Å². The average molecular weight is 273 g/mol. The van der Waals surface area contributed by atoms with E-state index in [1.54, 1.807) is 6.20 Å². The number of benzene rings is 1. The number of nitrogens with two attached hydrogens (primary N) is 1. The van der Waals surface area contributed by atoms with Gasteiger partial charge in [0.1, 0.15) is 11.8 Å². The molecule has 0 aliphatic carbocycles. The summed E-state index contributed by atoms with van der Waals surface area (Å²) in [4.78, 5) is 16.1. The van der Waals surface area contributed by atoms with Crippen molar-refractivity contribution in [2.45, 2.75) is 32.4 Å². The van der Waals surface area contributed by atoms with E-state index in [1.165, 1.54) is 0 Å². The molecule has 0 saturated heterocycles. The number of hydrogen-bond donors (Lipinski definition) is 2. The van der Waals surface area contributed by atoms with Crippen LogP contribution in [0.1, 0.15) is 42.6 Å². The van der Waals surface area contributed by atoms with Gasteiger partial charge < -0.3 is 15.5 Å². The zero-order chi connectivity index (χ0) is 14.5. The topological polar surface area (TPSA) is 81.2 Å². The summed E-state index contributed by atoms with van der Waals surface area (Å²) in [6.07, 6.45) is 1.86. The zero-order valence-corrected chi connectivity index (χ0v) is 11.7. The first-order valence-electron chi connectivity index (χ1n) is 6.58. The largest absolute Gasteiger partial charge is 0.444 e. The maximum atomic E-state index is 12.0. The highest BCUT2D eigenvalue weighted by molar-refractivity contribution is 5.77. The van der Waals surface area contributed by atoms with Crippen molar-refractivity contribution in [3.05, 3.63) is 53.7 Å². The van der Waals surface area contributed by atoms with Crippen molar-refractivity contribution in [2.24, 2.45) is 5.73 Å². The first kappa shape index (κ1) is 14.3. The first-order valence-corrected chi connectivity index (χ1v) is 6.58. The van der Waals surface area contributed by atoms with E-state index in [0.717, 1.165) is 11.3 Å². The number of carbonyl (C=O) groups is 1. The lowest BCUT2D eigenvalue weighted by molar-refractivity contribution is -0.122. The van der Waals surface area contributed by atoms with Crippen molar-refractivity contribution >= 4 is 5.91 Å². The summed E-state index contributed by atoms with van der Waals surface area (Å²) in [6, 6.07) is 8.99. The zero-order valence-electron chi connectivity index (χ0n) is 11.7. The predicted molar refractivity (Wildman–Crippen MR) is 75.8 cm³/mol. The van der Waals surface area contributed by atoms with Gasteiger partial charge in [-0.15, -0.1) is 0 Å². The van der Waals surface area contributed by atoms with Gasteiger partial charge in [0.2, 0.25) is 11.8 Å². The second kappa shape index (κ2) is 6.34. The molecule has 0 spiro atoms. The molecule has 20 heavy (non-hydrogen) atoms. The van der Waals surface area contributed by atoms with Crippen molar-refractivity contribution < 1.29 is 9.21 Å². The molecular weight excluding hydrogens is 254 g/mol. The van der Waals surface area contributed by atoms with Gasteiger partial charge in [-0.05, 0) is 19.4 Å². The molecule has 3 N–H and O–H groups in total. The second-order valence-corrected chi connectivity index (χ2v) is 4.82. The Hall–Kier alpha value is -2.14. The molecule has 2 unspecified atom stereocenters. The van der Waals surface area contributed by atoms with Gasteiger partial charge in [-0.1, -0.05) is 30.3 Å². The molecule has 1 heterocycles. The third-order valence-corrected chi connectivity index (χ3v) is 3.02. The molecule has 106 valence electrons. The first-order chi connectivity index (χ1) is 9.56. The Balaban J connectivity index is 1.89. The number of aryl methyl sites for hydroxylation is 1. The normalized spacial score (nSPS) is 13.8. The third kappa shape index (κ3) is 3.68. The molecule has 1 aromatic heterocycles. The fourth-order valence-electron chi connectivity index (χ4n) is 1.95. The summed E-state index contributed by atoms with van der Waals surface area (Å²) in [6.45, 7) is 3.65. The van der Waals surface area contributed by atoms with E-state index in [4.69, 9.17) is 10.2 Å². The molecule has 2 rings (SSSR count). The Morgan fingerprint density at radius 3 is 2.70 bits per heavy atom. The Bertz CT molecular complexity index is 566. The number of amides is 1. The van der Waals surface area contributed by atoms with Gasteiger partial charge in [-0.25, -0.2) is 4.98 Å². The van der Waals surface area contributed by atoms with Gasteiger partial charge in [-0.3, -0.25) is 4.79 Å². The van der Waals surface area contributed by atoms with Crippen LogP contribution in [0.3, 0.4) is 0 Å². The van der Waals surface area contributed by atoms with Crippen molar-refractivity contribution in [1.82, 2.24) is 10.3 Å². The van der Waals surface area contributed by atoms with Gasteiger partial charge in [0.15, 0.2) is 0 Å². The number of aromatic nitrogens is 1. The summed E-state index contributed by atoms with van der Waals surface area (Å²) in [7, 11) is 0. The van der Waals surface area contributed by atoms with Crippen LogP contribution >= 0.6 is 0 Å². The summed E-state index contributed by atoms with van der Waals surface area (Å²) < 4.78 is 5.38. The van der Waals surface area contributed by atoms with Gasteiger partial charge >= 0.3 is 0 Å². The maximum Gasteiger partial charge on any atom is 0.222 e. The Kier molecular flexibility index (Phi) is 4.53. The lowest BCUT2D eigenvalue weighted by Gasteiger charge is -2.14. The SMILES string of the molecule is Cc1cnc(C(C)NC(=O)CC(N)c2ccccc2)o1. The number of nitrogens with one attached hydrogen (secondary N) is 1. The summed E-state index contributed by atoms with van der Waals surface area (Å²) in [5, 5.41) is 2.83. The molecule has 0 bridgehead atoms. The van der Waals surface area contributed by atoms with E-state index < -0.39 is 0 Å². The highest BCUT2D eigenvalue weighted by Gasteiger charge is 2.17. The molecule has 0 aliphatic rings. The molecule has 1 amide bonds. The maximum absolute atomic E-state index is 12.0. The number of carbonyl (C=O) groups excluding carboxylic acids is 1. The van der Waals surface area contributed by atoms with Crippen LogP contribution in [-0.4, -0.2) is 10.9 Å². The van der Waals surface area contributed by atoms with Crippen molar-refractivity contribution in [3.8, 4) is 0 Å². The molecule has 0 fully saturated rings.